The number of benzene rings is 1. The number of carbonyl (C=O) groups excluding carboxylic acids is 1. The van der Waals surface area contributed by atoms with E-state index < -0.39 is 11.1 Å². The molecule has 1 aromatic carbocycles. The Balaban J connectivity index is 1.65. The van der Waals surface area contributed by atoms with Gasteiger partial charge in [0.15, 0.2) is 11.5 Å². The monoisotopic (exact) mass is 447 g/mol. The minimum Gasteiger partial charge on any atom is -0.487 e. The van der Waals surface area contributed by atoms with Crippen LogP contribution in [0.3, 0.4) is 0 Å². The molecule has 0 fully saturated rings. The number of nitrogens with zero attached hydrogens (tertiary/aromatic N) is 4. The highest BCUT2D eigenvalue weighted by Crippen LogP contribution is 2.50. The number of carbonyl (C=O) groups is 1. The third-order valence-corrected chi connectivity index (χ3v) is 6.24. The van der Waals surface area contributed by atoms with Gasteiger partial charge in [-0.15, -0.1) is 0 Å². The molecule has 162 valence electrons. The molecule has 8 heteroatoms. The number of nitrogens with two attached hydrogens (primary N) is 1. The fraction of sp³-hybridized carbons (Fsp3) is 0.250. The van der Waals surface area contributed by atoms with Crippen LogP contribution in [0.5, 0.6) is 5.75 Å². The number of likely N-dealkylation sites (N-methyl/N-ethyl adjacent to an activating group) is 1. The van der Waals surface area contributed by atoms with Crippen molar-refractivity contribution >= 4 is 23.5 Å². The molecule has 0 aliphatic carbocycles. The summed E-state index contributed by atoms with van der Waals surface area (Å²) in [6.45, 7) is 1.98. The molecule has 1 spiro atoms. The first-order chi connectivity index (χ1) is 15.3. The van der Waals surface area contributed by atoms with Crippen molar-refractivity contribution in [2.24, 2.45) is 10.7 Å². The summed E-state index contributed by atoms with van der Waals surface area (Å²) in [6.07, 6.45) is 5.93. The number of hydrogen-bond donors (Lipinski definition) is 1. The number of aromatic nitrogens is 2. The Morgan fingerprint density at radius 1 is 1.19 bits per heavy atom. The van der Waals surface area contributed by atoms with Gasteiger partial charge in [0.1, 0.15) is 11.4 Å². The van der Waals surface area contributed by atoms with E-state index >= 15 is 0 Å². The maximum Gasteiger partial charge on any atom is 0.261 e. The first-order valence-electron chi connectivity index (χ1n) is 10.3. The van der Waals surface area contributed by atoms with Gasteiger partial charge in [0.25, 0.3) is 5.91 Å². The second-order valence-corrected chi connectivity index (χ2v) is 8.96. The molecular formula is C24H22ClN5O2. The topological polar surface area (TPSA) is 93.7 Å². The van der Waals surface area contributed by atoms with Crippen molar-refractivity contribution in [1.29, 1.82) is 0 Å². The number of ether oxygens (including phenoxy) is 1. The normalized spacial score (nSPS) is 24.3. The average Bonchev–Trinajstić information content (AvgIpc) is 2.97. The molecule has 1 amide bonds. The van der Waals surface area contributed by atoms with Gasteiger partial charge >= 0.3 is 0 Å². The predicted octanol–water partition coefficient (Wildman–Crippen LogP) is 3.56. The second-order valence-electron chi connectivity index (χ2n) is 8.52. The summed E-state index contributed by atoms with van der Waals surface area (Å²) >= 11 is 6.14. The molecule has 4 heterocycles. The first-order valence-corrected chi connectivity index (χ1v) is 10.7. The van der Waals surface area contributed by atoms with Crippen molar-refractivity contribution < 1.29 is 9.53 Å². The van der Waals surface area contributed by atoms with Crippen LogP contribution >= 0.6 is 11.6 Å². The third kappa shape index (κ3) is 3.29. The van der Waals surface area contributed by atoms with E-state index in [2.05, 4.69) is 9.97 Å². The van der Waals surface area contributed by atoms with Crippen LogP contribution in [0.4, 0.5) is 0 Å². The van der Waals surface area contributed by atoms with E-state index in [0.717, 1.165) is 16.8 Å². The number of amides is 1. The highest BCUT2D eigenvalue weighted by atomic mass is 35.5. The summed E-state index contributed by atoms with van der Waals surface area (Å²) < 4.78 is 6.48. The molecule has 0 radical (unpaired) electrons. The third-order valence-electron chi connectivity index (χ3n) is 6.04. The lowest BCUT2D eigenvalue weighted by Gasteiger charge is -2.43. The molecule has 2 N–H and O–H groups in total. The smallest absolute Gasteiger partial charge is 0.261 e. The molecule has 0 saturated carbocycles. The second kappa shape index (κ2) is 7.31. The van der Waals surface area contributed by atoms with Crippen LogP contribution < -0.4 is 10.5 Å². The summed E-state index contributed by atoms with van der Waals surface area (Å²) in [5.74, 6) is 0.625. The summed E-state index contributed by atoms with van der Waals surface area (Å²) in [5, 5.41) is 0.535. The van der Waals surface area contributed by atoms with Gasteiger partial charge in [-0.05, 0) is 42.8 Å². The number of guanidine groups is 1. The zero-order valence-electron chi connectivity index (χ0n) is 17.7. The molecular weight excluding hydrogens is 426 g/mol. The molecule has 2 atom stereocenters. The van der Waals surface area contributed by atoms with E-state index in [9.17, 15) is 4.79 Å². The molecule has 0 unspecified atom stereocenters. The lowest BCUT2D eigenvalue weighted by molar-refractivity contribution is -0.133. The SMILES string of the molecule is CN1C(=O)[C@]2(C[C@@](C)(Cc3ccccn3)Oc3ccc(-c4cncc(Cl)c4)cc32)N=C1N. The number of halogens is 1. The van der Waals surface area contributed by atoms with E-state index in [1.807, 2.05) is 49.4 Å². The van der Waals surface area contributed by atoms with Gasteiger partial charge in [0.2, 0.25) is 0 Å². The molecule has 5 rings (SSSR count). The van der Waals surface area contributed by atoms with Crippen molar-refractivity contribution in [2.45, 2.75) is 30.9 Å². The van der Waals surface area contributed by atoms with Gasteiger partial charge in [-0.1, -0.05) is 23.7 Å². The van der Waals surface area contributed by atoms with Gasteiger partial charge in [-0.25, -0.2) is 4.99 Å². The number of hydrogen-bond acceptors (Lipinski definition) is 6. The van der Waals surface area contributed by atoms with Crippen LogP contribution in [0.2, 0.25) is 5.02 Å². The predicted molar refractivity (Wildman–Crippen MR) is 122 cm³/mol. The zero-order chi connectivity index (χ0) is 22.5. The van der Waals surface area contributed by atoms with Gasteiger partial charge in [0.05, 0.1) is 5.02 Å². The van der Waals surface area contributed by atoms with Crippen molar-refractivity contribution in [3.8, 4) is 16.9 Å². The van der Waals surface area contributed by atoms with Crippen molar-refractivity contribution in [3.63, 3.8) is 0 Å². The largest absolute Gasteiger partial charge is 0.487 e. The standard InChI is InChI=1S/C24H22ClN5O2/c1-23(11-18-5-3-4-8-28-18)14-24(21(31)30(2)22(26)29-24)19-10-15(6-7-20(19)32-23)16-9-17(25)13-27-12-16/h3-10,12-13H,11,14H2,1-2H3,(H2,26,29)/t23-,24-/m1/s1. The Bertz CT molecular complexity index is 1250. The van der Waals surface area contributed by atoms with E-state index in [1.54, 1.807) is 25.6 Å². The average molecular weight is 448 g/mol. The Hall–Kier alpha value is -3.45. The zero-order valence-corrected chi connectivity index (χ0v) is 18.5. The summed E-state index contributed by atoms with van der Waals surface area (Å²) in [7, 11) is 1.64. The van der Waals surface area contributed by atoms with Crippen LogP contribution in [0, 0.1) is 0 Å². The van der Waals surface area contributed by atoms with Gasteiger partial charge in [0, 0.05) is 55.3 Å². The van der Waals surface area contributed by atoms with Crippen LogP contribution in [-0.2, 0) is 16.8 Å². The van der Waals surface area contributed by atoms with Crippen LogP contribution in [-0.4, -0.2) is 39.4 Å². The molecule has 2 aliphatic rings. The fourth-order valence-electron chi connectivity index (χ4n) is 4.60. The Labute approximate surface area is 190 Å². The van der Waals surface area contributed by atoms with E-state index in [0.29, 0.717) is 29.2 Å². The summed E-state index contributed by atoms with van der Waals surface area (Å²) in [5.41, 5.74) is 7.52. The lowest BCUT2D eigenvalue weighted by atomic mass is 9.74. The molecule has 3 aromatic rings. The minimum absolute atomic E-state index is 0.173. The molecule has 0 saturated heterocycles. The number of aliphatic imine (C=N–C) groups is 1. The first kappa shape index (κ1) is 20.5. The highest BCUT2D eigenvalue weighted by Gasteiger charge is 2.56. The molecule has 7 nitrogen and oxygen atoms in total. The van der Waals surface area contributed by atoms with Crippen molar-refractivity contribution in [2.75, 3.05) is 7.05 Å². The van der Waals surface area contributed by atoms with Gasteiger partial charge in [-0.2, -0.15) is 0 Å². The molecule has 0 bridgehead atoms. The summed E-state index contributed by atoms with van der Waals surface area (Å²) in [6, 6.07) is 13.3. The molecule has 2 aliphatic heterocycles. The van der Waals surface area contributed by atoms with Crippen LogP contribution in [0.15, 0.2) is 66.0 Å². The maximum atomic E-state index is 13.5. The van der Waals surface area contributed by atoms with Crippen LogP contribution in [0.25, 0.3) is 11.1 Å². The van der Waals surface area contributed by atoms with Gasteiger partial charge < -0.3 is 10.5 Å². The number of rotatable bonds is 3. The lowest BCUT2D eigenvalue weighted by Crippen LogP contribution is -2.51. The molecule has 32 heavy (non-hydrogen) atoms. The highest BCUT2D eigenvalue weighted by molar-refractivity contribution is 6.30. The summed E-state index contributed by atoms with van der Waals surface area (Å²) in [4.78, 5) is 28.3. The minimum atomic E-state index is -1.17. The molecule has 2 aromatic heterocycles. The van der Waals surface area contributed by atoms with Crippen molar-refractivity contribution in [1.82, 2.24) is 14.9 Å². The fourth-order valence-corrected chi connectivity index (χ4v) is 4.78. The quantitative estimate of drug-likeness (QED) is 0.662. The van der Waals surface area contributed by atoms with Gasteiger partial charge in [-0.3, -0.25) is 19.7 Å². The van der Waals surface area contributed by atoms with E-state index in [-0.39, 0.29) is 11.9 Å². The van der Waals surface area contributed by atoms with E-state index in [1.165, 1.54) is 4.90 Å². The van der Waals surface area contributed by atoms with E-state index in [4.69, 9.17) is 27.1 Å². The Morgan fingerprint density at radius 3 is 2.72 bits per heavy atom. The number of fused-ring (bicyclic) bond motifs is 2. The Kier molecular flexibility index (Phi) is 4.67. The van der Waals surface area contributed by atoms with Crippen molar-refractivity contribution in [3.05, 3.63) is 77.3 Å². The maximum absolute atomic E-state index is 13.5. The Morgan fingerprint density at radius 2 is 2.03 bits per heavy atom. The number of pyridine rings is 2. The van der Waals surface area contributed by atoms with Crippen LogP contribution in [0.1, 0.15) is 24.6 Å².